The summed E-state index contributed by atoms with van der Waals surface area (Å²) in [6, 6.07) is -0.816. The Balaban J connectivity index is 2.18. The van der Waals surface area contributed by atoms with Crippen LogP contribution in [-0.2, 0) is 4.79 Å². The van der Waals surface area contributed by atoms with Crippen LogP contribution in [0.4, 0.5) is 9.59 Å². The molecule has 0 aliphatic carbocycles. The Kier molecular flexibility index (Phi) is 5.91. The first-order valence-corrected chi connectivity index (χ1v) is 6.27. The molecule has 0 unspecified atom stereocenters. The lowest BCUT2D eigenvalue weighted by Gasteiger charge is -2.31. The highest BCUT2D eigenvalue weighted by molar-refractivity contribution is 5.74. The van der Waals surface area contributed by atoms with Crippen molar-refractivity contribution in [3.8, 4) is 0 Å². The summed E-state index contributed by atoms with van der Waals surface area (Å²) < 4.78 is 0. The van der Waals surface area contributed by atoms with Crippen molar-refractivity contribution in [1.29, 1.82) is 0 Å². The van der Waals surface area contributed by atoms with Gasteiger partial charge in [-0.15, -0.1) is 0 Å². The van der Waals surface area contributed by atoms with Crippen LogP contribution in [0.2, 0.25) is 0 Å². The number of nitrogens with two attached hydrogens (primary N) is 1. The van der Waals surface area contributed by atoms with Crippen LogP contribution >= 0.6 is 0 Å². The summed E-state index contributed by atoms with van der Waals surface area (Å²) in [6.07, 6.45) is 1.58. The van der Waals surface area contributed by atoms with E-state index in [1.807, 2.05) is 0 Å². The Hall–Kier alpha value is -1.99. The number of primary amides is 1. The summed E-state index contributed by atoms with van der Waals surface area (Å²) in [5, 5.41) is 13.7. The van der Waals surface area contributed by atoms with Gasteiger partial charge >= 0.3 is 18.0 Å². The first-order chi connectivity index (χ1) is 8.99. The van der Waals surface area contributed by atoms with Crippen LogP contribution in [0.5, 0.6) is 0 Å². The smallest absolute Gasteiger partial charge is 0.317 e. The van der Waals surface area contributed by atoms with Gasteiger partial charge in [-0.3, -0.25) is 4.79 Å². The highest BCUT2D eigenvalue weighted by atomic mass is 16.4. The minimum absolute atomic E-state index is 0.151. The van der Waals surface area contributed by atoms with E-state index in [0.717, 1.165) is 0 Å². The molecule has 108 valence electrons. The summed E-state index contributed by atoms with van der Waals surface area (Å²) in [5.74, 6) is -0.640. The summed E-state index contributed by atoms with van der Waals surface area (Å²) in [6.45, 7) is 1.73. The van der Waals surface area contributed by atoms with Crippen LogP contribution in [0.1, 0.15) is 19.3 Å². The van der Waals surface area contributed by atoms with Gasteiger partial charge in [-0.05, 0) is 18.8 Å². The summed E-state index contributed by atoms with van der Waals surface area (Å²) in [5.41, 5.74) is 4.89. The number of piperidine rings is 1. The number of hydrogen-bond acceptors (Lipinski definition) is 3. The fourth-order valence-corrected chi connectivity index (χ4v) is 2.05. The minimum Gasteiger partial charge on any atom is -0.481 e. The lowest BCUT2D eigenvalue weighted by molar-refractivity contribution is -0.138. The predicted octanol–water partition coefficient (Wildman–Crippen LogP) is -0.449. The molecule has 19 heavy (non-hydrogen) atoms. The number of likely N-dealkylation sites (tertiary alicyclic amines) is 1. The number of carbonyl (C=O) groups excluding carboxylic acids is 2. The van der Waals surface area contributed by atoms with Crippen molar-refractivity contribution in [2.24, 2.45) is 11.7 Å². The van der Waals surface area contributed by atoms with Gasteiger partial charge in [-0.25, -0.2) is 9.59 Å². The van der Waals surface area contributed by atoms with Gasteiger partial charge in [0, 0.05) is 32.6 Å². The molecular formula is C11H20N4O4. The first-order valence-electron chi connectivity index (χ1n) is 6.27. The first kappa shape index (κ1) is 15.1. The number of nitrogens with one attached hydrogen (secondary N) is 2. The molecule has 8 heteroatoms. The van der Waals surface area contributed by atoms with Crippen LogP contribution in [-0.4, -0.2) is 54.2 Å². The summed E-state index contributed by atoms with van der Waals surface area (Å²) in [7, 11) is 0. The van der Waals surface area contributed by atoms with Crippen molar-refractivity contribution in [1.82, 2.24) is 15.5 Å². The number of carbonyl (C=O) groups is 3. The summed E-state index contributed by atoms with van der Waals surface area (Å²) in [4.78, 5) is 34.4. The molecule has 1 aliphatic heterocycles. The Morgan fingerprint density at radius 3 is 2.26 bits per heavy atom. The molecule has 0 radical (unpaired) electrons. The third-order valence-corrected chi connectivity index (χ3v) is 3.07. The van der Waals surface area contributed by atoms with Crippen molar-refractivity contribution in [3.05, 3.63) is 0 Å². The SMILES string of the molecule is NC(=O)NCCNC(=O)N1CCC(CC(=O)O)CC1. The zero-order valence-electron chi connectivity index (χ0n) is 10.7. The average Bonchev–Trinajstić information content (AvgIpc) is 2.34. The molecule has 4 amide bonds. The van der Waals surface area contributed by atoms with Gasteiger partial charge in [0.1, 0.15) is 0 Å². The van der Waals surface area contributed by atoms with E-state index in [-0.39, 0.29) is 24.9 Å². The highest BCUT2D eigenvalue weighted by Crippen LogP contribution is 2.20. The van der Waals surface area contributed by atoms with E-state index in [1.165, 1.54) is 0 Å². The molecule has 0 aromatic carbocycles. The second kappa shape index (κ2) is 7.45. The molecular weight excluding hydrogens is 252 g/mol. The fraction of sp³-hybridized carbons (Fsp3) is 0.727. The number of carboxylic acids is 1. The van der Waals surface area contributed by atoms with E-state index in [9.17, 15) is 14.4 Å². The Morgan fingerprint density at radius 1 is 1.16 bits per heavy atom. The number of rotatable bonds is 5. The Morgan fingerprint density at radius 2 is 1.74 bits per heavy atom. The molecule has 1 saturated heterocycles. The monoisotopic (exact) mass is 272 g/mol. The lowest BCUT2D eigenvalue weighted by Crippen LogP contribution is -2.46. The predicted molar refractivity (Wildman–Crippen MR) is 67.5 cm³/mol. The van der Waals surface area contributed by atoms with Crippen molar-refractivity contribution in [2.45, 2.75) is 19.3 Å². The minimum atomic E-state index is -0.791. The second-order valence-corrected chi connectivity index (χ2v) is 4.55. The van der Waals surface area contributed by atoms with Crippen LogP contribution in [0, 0.1) is 5.92 Å². The van der Waals surface area contributed by atoms with Crippen LogP contribution in [0.25, 0.3) is 0 Å². The lowest BCUT2D eigenvalue weighted by atomic mass is 9.94. The number of aliphatic carboxylic acids is 1. The third-order valence-electron chi connectivity index (χ3n) is 3.07. The van der Waals surface area contributed by atoms with Gasteiger partial charge < -0.3 is 26.4 Å². The molecule has 0 spiro atoms. The molecule has 1 fully saturated rings. The number of nitrogens with zero attached hydrogens (tertiary/aromatic N) is 1. The quantitative estimate of drug-likeness (QED) is 0.506. The van der Waals surface area contributed by atoms with E-state index in [4.69, 9.17) is 10.8 Å². The van der Waals surface area contributed by atoms with Crippen molar-refractivity contribution in [3.63, 3.8) is 0 Å². The maximum atomic E-state index is 11.7. The topological polar surface area (TPSA) is 125 Å². The zero-order valence-corrected chi connectivity index (χ0v) is 10.7. The molecule has 1 heterocycles. The number of urea groups is 2. The molecule has 5 N–H and O–H groups in total. The second-order valence-electron chi connectivity index (χ2n) is 4.55. The van der Waals surface area contributed by atoms with Crippen LogP contribution < -0.4 is 16.4 Å². The van der Waals surface area contributed by atoms with Gasteiger partial charge in [0.25, 0.3) is 0 Å². The molecule has 0 aromatic heterocycles. The number of hydrogen-bond donors (Lipinski definition) is 4. The van der Waals surface area contributed by atoms with Crippen LogP contribution in [0.15, 0.2) is 0 Å². The van der Waals surface area contributed by atoms with Crippen LogP contribution in [0.3, 0.4) is 0 Å². The van der Waals surface area contributed by atoms with E-state index in [0.29, 0.717) is 32.5 Å². The fourth-order valence-electron chi connectivity index (χ4n) is 2.05. The maximum Gasteiger partial charge on any atom is 0.317 e. The molecule has 0 saturated carbocycles. The molecule has 0 bridgehead atoms. The Bertz CT molecular complexity index is 340. The van der Waals surface area contributed by atoms with E-state index in [1.54, 1.807) is 4.90 Å². The van der Waals surface area contributed by atoms with E-state index >= 15 is 0 Å². The van der Waals surface area contributed by atoms with E-state index < -0.39 is 12.0 Å². The van der Waals surface area contributed by atoms with Gasteiger partial charge in [-0.2, -0.15) is 0 Å². The molecule has 0 aromatic rings. The van der Waals surface area contributed by atoms with Gasteiger partial charge in [0.05, 0.1) is 0 Å². The number of amides is 4. The Labute approximate surface area is 111 Å². The molecule has 1 aliphatic rings. The third kappa shape index (κ3) is 5.94. The van der Waals surface area contributed by atoms with Gasteiger partial charge in [0.15, 0.2) is 0 Å². The largest absolute Gasteiger partial charge is 0.481 e. The average molecular weight is 272 g/mol. The highest BCUT2D eigenvalue weighted by Gasteiger charge is 2.23. The maximum absolute atomic E-state index is 11.7. The molecule has 8 nitrogen and oxygen atoms in total. The van der Waals surface area contributed by atoms with Crippen molar-refractivity contribution < 1.29 is 19.5 Å². The van der Waals surface area contributed by atoms with Gasteiger partial charge in [-0.1, -0.05) is 0 Å². The standard InChI is InChI=1S/C11H20N4O4/c12-10(18)13-3-4-14-11(19)15-5-1-8(2-6-15)7-9(16)17/h8H,1-7H2,(H,14,19)(H,16,17)(H3,12,13,18). The summed E-state index contributed by atoms with van der Waals surface area (Å²) >= 11 is 0. The zero-order chi connectivity index (χ0) is 14.3. The van der Waals surface area contributed by atoms with Crippen molar-refractivity contribution in [2.75, 3.05) is 26.2 Å². The molecule has 0 atom stereocenters. The number of carboxylic acid groups (broad SMARTS) is 1. The van der Waals surface area contributed by atoms with Crippen molar-refractivity contribution >= 4 is 18.0 Å². The van der Waals surface area contributed by atoms with Gasteiger partial charge in [0.2, 0.25) is 0 Å². The van der Waals surface area contributed by atoms with E-state index in [2.05, 4.69) is 10.6 Å². The molecule has 1 rings (SSSR count). The normalized spacial score (nSPS) is 15.9.